The lowest BCUT2D eigenvalue weighted by molar-refractivity contribution is -0.143. The van der Waals surface area contributed by atoms with Gasteiger partial charge >= 0.3 is 12.1 Å². The van der Waals surface area contributed by atoms with Gasteiger partial charge in [0.1, 0.15) is 11.9 Å². The zero-order valence-electron chi connectivity index (χ0n) is 13.7. The molecule has 2 atom stereocenters. The van der Waals surface area contributed by atoms with Gasteiger partial charge in [0.15, 0.2) is 6.10 Å². The number of hydrogen-bond acceptors (Lipinski definition) is 3. The van der Waals surface area contributed by atoms with Crippen LogP contribution in [0.25, 0.3) is 0 Å². The zero-order chi connectivity index (χ0) is 20.2. The smallest absolute Gasteiger partial charge is 0.416 e. The molecule has 0 unspecified atom stereocenters. The molecule has 0 saturated heterocycles. The molecule has 0 aromatic heterocycles. The van der Waals surface area contributed by atoms with E-state index in [2.05, 4.69) is 5.32 Å². The average molecular weight is 385 g/mol. The number of halogens is 4. The van der Waals surface area contributed by atoms with Crippen molar-refractivity contribution >= 4 is 11.9 Å². The first-order chi connectivity index (χ1) is 12.6. The second-order valence-corrected chi connectivity index (χ2v) is 5.72. The molecule has 0 fully saturated rings. The minimum atomic E-state index is -4.57. The Morgan fingerprint density at radius 2 is 1.63 bits per heavy atom. The van der Waals surface area contributed by atoms with Gasteiger partial charge in [-0.25, -0.2) is 9.18 Å². The van der Waals surface area contributed by atoms with Crippen LogP contribution >= 0.6 is 0 Å². The Balaban J connectivity index is 2.10. The molecule has 1 amide bonds. The number of rotatable bonds is 6. The summed E-state index contributed by atoms with van der Waals surface area (Å²) in [5, 5.41) is 21.2. The van der Waals surface area contributed by atoms with Gasteiger partial charge in [-0.3, -0.25) is 4.79 Å². The van der Waals surface area contributed by atoms with Crippen molar-refractivity contribution in [2.45, 2.75) is 24.7 Å². The summed E-state index contributed by atoms with van der Waals surface area (Å²) in [6.07, 6.45) is -6.82. The number of carbonyl (C=O) groups excluding carboxylic acids is 1. The van der Waals surface area contributed by atoms with Crippen molar-refractivity contribution in [3.63, 3.8) is 0 Å². The lowest BCUT2D eigenvalue weighted by Crippen LogP contribution is -2.44. The van der Waals surface area contributed by atoms with E-state index in [4.69, 9.17) is 0 Å². The summed E-state index contributed by atoms with van der Waals surface area (Å²) < 4.78 is 51.3. The Hall–Kier alpha value is -2.94. The van der Waals surface area contributed by atoms with Gasteiger partial charge in [0.2, 0.25) is 0 Å². The quantitative estimate of drug-likeness (QED) is 0.668. The Morgan fingerprint density at radius 1 is 1.04 bits per heavy atom. The van der Waals surface area contributed by atoms with Crippen LogP contribution in [0.15, 0.2) is 48.5 Å². The average Bonchev–Trinajstić information content (AvgIpc) is 2.61. The number of aliphatic hydroxyl groups is 1. The van der Waals surface area contributed by atoms with Crippen LogP contribution in [0.2, 0.25) is 0 Å². The molecule has 2 aromatic carbocycles. The van der Waals surface area contributed by atoms with E-state index in [0.29, 0.717) is 12.1 Å². The number of aliphatic carboxylic acids is 1. The molecule has 5 nitrogen and oxygen atoms in total. The summed E-state index contributed by atoms with van der Waals surface area (Å²) in [5.41, 5.74) is -1.05. The van der Waals surface area contributed by atoms with Crippen LogP contribution in [-0.2, 0) is 22.2 Å². The van der Waals surface area contributed by atoms with E-state index in [-0.39, 0.29) is 17.5 Å². The molecule has 3 N–H and O–H groups in total. The number of hydrogen-bond donors (Lipinski definition) is 3. The number of benzene rings is 2. The molecule has 0 aliphatic heterocycles. The van der Waals surface area contributed by atoms with Crippen molar-refractivity contribution in [1.82, 2.24) is 5.32 Å². The largest absolute Gasteiger partial charge is 0.480 e. The normalized spacial score (nSPS) is 13.7. The van der Waals surface area contributed by atoms with Crippen LogP contribution in [0.4, 0.5) is 17.6 Å². The molecule has 0 bridgehead atoms. The van der Waals surface area contributed by atoms with Crippen LogP contribution < -0.4 is 5.32 Å². The van der Waals surface area contributed by atoms with Gasteiger partial charge < -0.3 is 15.5 Å². The summed E-state index contributed by atoms with van der Waals surface area (Å²) >= 11 is 0. The number of carboxylic acid groups (broad SMARTS) is 1. The van der Waals surface area contributed by atoms with E-state index < -0.39 is 41.6 Å². The van der Waals surface area contributed by atoms with E-state index in [1.807, 2.05) is 0 Å². The fourth-order valence-electron chi connectivity index (χ4n) is 2.34. The lowest BCUT2D eigenvalue weighted by atomic mass is 10.0. The Bertz CT molecular complexity index is 821. The Kier molecular flexibility index (Phi) is 6.17. The molecule has 0 aliphatic carbocycles. The molecule has 0 spiro atoms. The van der Waals surface area contributed by atoms with E-state index >= 15 is 0 Å². The number of carboxylic acids is 1. The molecule has 27 heavy (non-hydrogen) atoms. The minimum Gasteiger partial charge on any atom is -0.480 e. The maximum Gasteiger partial charge on any atom is 0.416 e. The SMILES string of the molecule is O=C(N[C@H](Cc1ccccc1F)C(=O)O)[C@@H](O)c1ccc(C(F)(F)F)cc1. The second kappa shape index (κ2) is 8.17. The molecule has 0 aliphatic rings. The number of aliphatic hydroxyl groups excluding tert-OH is 1. The van der Waals surface area contributed by atoms with Crippen molar-refractivity contribution < 1.29 is 37.4 Å². The van der Waals surface area contributed by atoms with E-state index in [1.165, 1.54) is 18.2 Å². The van der Waals surface area contributed by atoms with Crippen molar-refractivity contribution in [3.05, 3.63) is 71.0 Å². The highest BCUT2D eigenvalue weighted by molar-refractivity contribution is 5.87. The molecule has 0 heterocycles. The summed E-state index contributed by atoms with van der Waals surface area (Å²) in [6, 6.07) is 7.09. The van der Waals surface area contributed by atoms with Crippen molar-refractivity contribution in [3.8, 4) is 0 Å². The minimum absolute atomic E-state index is 0.0502. The monoisotopic (exact) mass is 385 g/mol. The molecule has 2 aromatic rings. The zero-order valence-corrected chi connectivity index (χ0v) is 13.7. The number of nitrogens with one attached hydrogen (secondary N) is 1. The van der Waals surface area contributed by atoms with Crippen LogP contribution in [0.5, 0.6) is 0 Å². The third kappa shape index (κ3) is 5.27. The summed E-state index contributed by atoms with van der Waals surface area (Å²) in [7, 11) is 0. The molecule has 0 radical (unpaired) electrons. The summed E-state index contributed by atoms with van der Waals surface area (Å²) in [4.78, 5) is 23.4. The highest BCUT2D eigenvalue weighted by Gasteiger charge is 2.31. The molecule has 9 heteroatoms. The first-order valence-electron chi connectivity index (χ1n) is 7.71. The molecular weight excluding hydrogens is 370 g/mol. The van der Waals surface area contributed by atoms with Gasteiger partial charge in [-0.15, -0.1) is 0 Å². The molecule has 0 saturated carbocycles. The third-order valence-electron chi connectivity index (χ3n) is 3.80. The van der Waals surface area contributed by atoms with Crippen LogP contribution in [0.1, 0.15) is 22.8 Å². The first kappa shape index (κ1) is 20.4. The number of alkyl halides is 3. The predicted octanol–water partition coefficient (Wildman–Crippen LogP) is 2.69. The number of carbonyl (C=O) groups is 2. The summed E-state index contributed by atoms with van der Waals surface area (Å²) in [6.45, 7) is 0. The van der Waals surface area contributed by atoms with Gasteiger partial charge in [0.05, 0.1) is 5.56 Å². The van der Waals surface area contributed by atoms with Gasteiger partial charge in [0.25, 0.3) is 5.91 Å². The summed E-state index contributed by atoms with van der Waals surface area (Å²) in [5.74, 6) is -3.23. The number of amides is 1. The van der Waals surface area contributed by atoms with Crippen LogP contribution in [-0.4, -0.2) is 28.1 Å². The maximum absolute atomic E-state index is 13.7. The highest BCUT2D eigenvalue weighted by atomic mass is 19.4. The Morgan fingerprint density at radius 3 is 2.15 bits per heavy atom. The van der Waals surface area contributed by atoms with Gasteiger partial charge in [-0.1, -0.05) is 30.3 Å². The topological polar surface area (TPSA) is 86.6 Å². The maximum atomic E-state index is 13.7. The second-order valence-electron chi connectivity index (χ2n) is 5.72. The van der Waals surface area contributed by atoms with E-state index in [1.54, 1.807) is 0 Å². The first-order valence-corrected chi connectivity index (χ1v) is 7.71. The van der Waals surface area contributed by atoms with Crippen molar-refractivity contribution in [1.29, 1.82) is 0 Å². The Labute approximate surface area is 151 Å². The standard InChI is InChI=1S/C18H15F4NO4/c19-13-4-2-1-3-11(13)9-14(17(26)27)23-16(25)15(24)10-5-7-12(8-6-10)18(20,21)22/h1-8,14-15,24H,9H2,(H,23,25)(H,26,27)/t14-,15+/m1/s1. The third-order valence-corrected chi connectivity index (χ3v) is 3.80. The molecular formula is C18H15F4NO4. The lowest BCUT2D eigenvalue weighted by Gasteiger charge is -2.18. The van der Waals surface area contributed by atoms with Crippen LogP contribution in [0.3, 0.4) is 0 Å². The fourth-order valence-corrected chi connectivity index (χ4v) is 2.34. The fraction of sp³-hybridized carbons (Fsp3) is 0.222. The molecule has 144 valence electrons. The van der Waals surface area contributed by atoms with Gasteiger partial charge in [0, 0.05) is 6.42 Å². The van der Waals surface area contributed by atoms with Crippen LogP contribution in [0, 0.1) is 5.82 Å². The predicted molar refractivity (Wildman–Crippen MR) is 86.1 cm³/mol. The highest BCUT2D eigenvalue weighted by Crippen LogP contribution is 2.30. The molecule has 2 rings (SSSR count). The van der Waals surface area contributed by atoms with Crippen molar-refractivity contribution in [2.24, 2.45) is 0 Å². The van der Waals surface area contributed by atoms with E-state index in [0.717, 1.165) is 18.2 Å². The van der Waals surface area contributed by atoms with Crippen molar-refractivity contribution in [2.75, 3.05) is 0 Å². The van der Waals surface area contributed by atoms with E-state index in [9.17, 15) is 37.4 Å². The van der Waals surface area contributed by atoms with Gasteiger partial charge in [-0.05, 0) is 29.3 Å². The van der Waals surface area contributed by atoms with Gasteiger partial charge in [-0.2, -0.15) is 13.2 Å².